The molecule has 0 radical (unpaired) electrons. The van der Waals surface area contributed by atoms with Gasteiger partial charge >= 0.3 is 12.2 Å². The molecule has 1 atom stereocenters. The molecule has 2 amide bonds. The molecule has 0 saturated carbocycles. The third-order valence-corrected chi connectivity index (χ3v) is 3.58. The maximum Gasteiger partial charge on any atom is 0.445 e. The Morgan fingerprint density at radius 1 is 1.26 bits per heavy atom. The van der Waals surface area contributed by atoms with E-state index in [-0.39, 0.29) is 23.0 Å². The lowest BCUT2D eigenvalue weighted by molar-refractivity contribution is -0.138. The lowest BCUT2D eigenvalue weighted by atomic mass is 10.1. The van der Waals surface area contributed by atoms with Gasteiger partial charge in [-0.1, -0.05) is 41.7 Å². The molecule has 0 aliphatic heterocycles. The highest BCUT2D eigenvalue weighted by molar-refractivity contribution is 7.15. The predicted octanol–water partition coefficient (Wildman–Crippen LogP) is 2.28. The minimum atomic E-state index is -4.60. The molecule has 0 saturated heterocycles. The van der Waals surface area contributed by atoms with Crippen LogP contribution in [0.15, 0.2) is 30.3 Å². The fraction of sp³-hybridized carbons (Fsp3) is 0.308. The number of hydrogen-bond donors (Lipinski definition) is 3. The minimum Gasteiger partial charge on any atom is -0.391 e. The van der Waals surface area contributed by atoms with E-state index < -0.39 is 23.3 Å². The largest absolute Gasteiger partial charge is 0.445 e. The van der Waals surface area contributed by atoms with E-state index in [1.165, 1.54) is 0 Å². The van der Waals surface area contributed by atoms with Crippen molar-refractivity contribution in [1.29, 1.82) is 0 Å². The zero-order chi connectivity index (χ0) is 16.9. The van der Waals surface area contributed by atoms with Gasteiger partial charge in [0.15, 0.2) is 0 Å². The van der Waals surface area contributed by atoms with Gasteiger partial charge in [0.2, 0.25) is 10.1 Å². The van der Waals surface area contributed by atoms with Crippen LogP contribution in [0.4, 0.5) is 23.1 Å². The summed E-state index contributed by atoms with van der Waals surface area (Å²) in [6.07, 6.45) is -5.07. The third-order valence-electron chi connectivity index (χ3n) is 2.70. The molecular weight excluding hydrogens is 333 g/mol. The van der Waals surface area contributed by atoms with E-state index in [9.17, 15) is 23.1 Å². The van der Waals surface area contributed by atoms with Crippen LogP contribution in [0.1, 0.15) is 10.6 Å². The zero-order valence-electron chi connectivity index (χ0n) is 11.7. The number of aliphatic hydroxyl groups excluding tert-OH is 1. The standard InChI is InChI=1S/C13H13F3N4O2S/c14-13(15,16)10-19-20-12(23-10)18-11(22)17-7-9(21)6-8-4-2-1-3-5-8/h1-5,9,21H,6-7H2,(H2,17,18,20,22). The minimum absolute atomic E-state index is 0.0499. The molecule has 2 rings (SSSR count). The third kappa shape index (κ3) is 5.49. The maximum atomic E-state index is 12.3. The highest BCUT2D eigenvalue weighted by Gasteiger charge is 2.35. The van der Waals surface area contributed by atoms with E-state index in [2.05, 4.69) is 20.8 Å². The molecule has 6 nitrogen and oxygen atoms in total. The smallest absolute Gasteiger partial charge is 0.391 e. The Bertz CT molecular complexity index is 648. The number of nitrogens with one attached hydrogen (secondary N) is 2. The first kappa shape index (κ1) is 17.2. The molecule has 1 unspecified atom stereocenters. The van der Waals surface area contributed by atoms with Gasteiger partial charge in [0.25, 0.3) is 0 Å². The average molecular weight is 346 g/mol. The van der Waals surface area contributed by atoms with Crippen molar-refractivity contribution in [3.8, 4) is 0 Å². The molecule has 10 heteroatoms. The Morgan fingerprint density at radius 3 is 2.57 bits per heavy atom. The van der Waals surface area contributed by atoms with Crippen molar-refractivity contribution >= 4 is 22.5 Å². The van der Waals surface area contributed by atoms with E-state index in [1.54, 1.807) is 0 Å². The van der Waals surface area contributed by atoms with Crippen LogP contribution in [0, 0.1) is 0 Å². The molecule has 0 fully saturated rings. The number of carbonyl (C=O) groups is 1. The summed E-state index contributed by atoms with van der Waals surface area (Å²) < 4.78 is 37.0. The molecule has 0 bridgehead atoms. The molecule has 1 aromatic carbocycles. The van der Waals surface area contributed by atoms with Gasteiger partial charge in [-0.05, 0) is 5.56 Å². The van der Waals surface area contributed by atoms with Crippen molar-refractivity contribution in [1.82, 2.24) is 15.5 Å². The highest BCUT2D eigenvalue weighted by Crippen LogP contribution is 2.32. The predicted molar refractivity (Wildman–Crippen MR) is 78.1 cm³/mol. The van der Waals surface area contributed by atoms with Gasteiger partial charge in [0.05, 0.1) is 6.10 Å². The topological polar surface area (TPSA) is 87.1 Å². The number of benzene rings is 1. The van der Waals surface area contributed by atoms with Crippen LogP contribution in [0.5, 0.6) is 0 Å². The normalized spacial score (nSPS) is 12.7. The summed E-state index contributed by atoms with van der Waals surface area (Å²) in [5, 5.41) is 19.1. The summed E-state index contributed by atoms with van der Waals surface area (Å²) in [6, 6.07) is 8.42. The Hall–Kier alpha value is -2.20. The van der Waals surface area contributed by atoms with Gasteiger partial charge in [-0.2, -0.15) is 13.2 Å². The number of nitrogens with zero attached hydrogens (tertiary/aromatic N) is 2. The molecule has 1 aromatic heterocycles. The van der Waals surface area contributed by atoms with Crippen molar-refractivity contribution < 1.29 is 23.1 Å². The summed E-state index contributed by atoms with van der Waals surface area (Å²) in [7, 11) is 0. The van der Waals surface area contributed by atoms with Crippen LogP contribution >= 0.6 is 11.3 Å². The Morgan fingerprint density at radius 2 is 1.96 bits per heavy atom. The number of aliphatic hydroxyl groups is 1. The number of urea groups is 1. The van der Waals surface area contributed by atoms with E-state index in [4.69, 9.17) is 0 Å². The zero-order valence-corrected chi connectivity index (χ0v) is 12.5. The molecular formula is C13H13F3N4O2S. The van der Waals surface area contributed by atoms with E-state index >= 15 is 0 Å². The Balaban J connectivity index is 1.77. The maximum absolute atomic E-state index is 12.3. The number of anilines is 1. The lowest BCUT2D eigenvalue weighted by Gasteiger charge is -2.11. The number of rotatable bonds is 5. The van der Waals surface area contributed by atoms with Crippen molar-refractivity contribution in [2.24, 2.45) is 0 Å². The number of aromatic nitrogens is 2. The van der Waals surface area contributed by atoms with Gasteiger partial charge in [-0.25, -0.2) is 4.79 Å². The van der Waals surface area contributed by atoms with Gasteiger partial charge in [0, 0.05) is 13.0 Å². The summed E-state index contributed by atoms with van der Waals surface area (Å²) >= 11 is 0.223. The molecule has 0 spiro atoms. The second-order valence-electron chi connectivity index (χ2n) is 4.59. The van der Waals surface area contributed by atoms with Crippen LogP contribution in [-0.4, -0.2) is 34.0 Å². The van der Waals surface area contributed by atoms with Crippen molar-refractivity contribution in [2.75, 3.05) is 11.9 Å². The molecule has 2 aromatic rings. The van der Waals surface area contributed by atoms with Crippen LogP contribution < -0.4 is 10.6 Å². The summed E-state index contributed by atoms with van der Waals surface area (Å²) in [4.78, 5) is 11.6. The number of amides is 2. The van der Waals surface area contributed by atoms with Crippen molar-refractivity contribution in [2.45, 2.75) is 18.7 Å². The van der Waals surface area contributed by atoms with Gasteiger partial charge in [0.1, 0.15) is 0 Å². The summed E-state index contributed by atoms with van der Waals surface area (Å²) in [5.41, 5.74) is 0.904. The molecule has 0 aliphatic carbocycles. The van der Waals surface area contributed by atoms with Crippen LogP contribution in [0.25, 0.3) is 0 Å². The van der Waals surface area contributed by atoms with E-state index in [1.807, 2.05) is 30.3 Å². The van der Waals surface area contributed by atoms with Gasteiger partial charge < -0.3 is 10.4 Å². The summed E-state index contributed by atoms with van der Waals surface area (Å²) in [5.74, 6) is 0. The first-order chi connectivity index (χ1) is 10.8. The van der Waals surface area contributed by atoms with Gasteiger partial charge in [-0.3, -0.25) is 5.32 Å². The SMILES string of the molecule is O=C(NCC(O)Cc1ccccc1)Nc1nnc(C(F)(F)F)s1. The Kier molecular flexibility index (Phi) is 5.50. The van der Waals surface area contributed by atoms with E-state index in [0.717, 1.165) is 5.56 Å². The Labute approximate surface area is 133 Å². The molecule has 23 heavy (non-hydrogen) atoms. The fourth-order valence-corrected chi connectivity index (χ4v) is 2.30. The number of hydrogen-bond acceptors (Lipinski definition) is 5. The van der Waals surface area contributed by atoms with Crippen LogP contribution in [0.2, 0.25) is 0 Å². The second kappa shape index (κ2) is 7.38. The first-order valence-electron chi connectivity index (χ1n) is 6.52. The van der Waals surface area contributed by atoms with Gasteiger partial charge in [-0.15, -0.1) is 10.2 Å². The number of alkyl halides is 3. The molecule has 1 heterocycles. The molecule has 124 valence electrons. The van der Waals surface area contributed by atoms with Crippen LogP contribution in [0.3, 0.4) is 0 Å². The van der Waals surface area contributed by atoms with Crippen molar-refractivity contribution in [3.63, 3.8) is 0 Å². The highest BCUT2D eigenvalue weighted by atomic mass is 32.1. The second-order valence-corrected chi connectivity index (χ2v) is 5.57. The number of halogens is 3. The number of carbonyl (C=O) groups excluding carboxylic acids is 1. The van der Waals surface area contributed by atoms with Crippen molar-refractivity contribution in [3.05, 3.63) is 40.9 Å². The van der Waals surface area contributed by atoms with Crippen LogP contribution in [-0.2, 0) is 12.6 Å². The molecule has 0 aliphatic rings. The first-order valence-corrected chi connectivity index (χ1v) is 7.34. The van der Waals surface area contributed by atoms with E-state index in [0.29, 0.717) is 6.42 Å². The monoisotopic (exact) mass is 346 g/mol. The quantitative estimate of drug-likeness (QED) is 0.775. The molecule has 3 N–H and O–H groups in total. The lowest BCUT2D eigenvalue weighted by Crippen LogP contribution is -2.36. The average Bonchev–Trinajstić information content (AvgIpc) is 2.95. The fourth-order valence-electron chi connectivity index (χ4n) is 1.70. The summed E-state index contributed by atoms with van der Waals surface area (Å²) in [6.45, 7) is -0.0499.